The minimum atomic E-state index is 0. The number of aliphatic imine (C=N–C) groups is 1. The molecule has 33 heavy (non-hydrogen) atoms. The summed E-state index contributed by atoms with van der Waals surface area (Å²) >= 11 is 0. The number of fused-ring (bicyclic) bond motifs is 1. The van der Waals surface area contributed by atoms with Gasteiger partial charge in [0.25, 0.3) is 0 Å². The molecule has 0 bridgehead atoms. The summed E-state index contributed by atoms with van der Waals surface area (Å²) in [6.45, 7) is 7.66. The van der Waals surface area contributed by atoms with E-state index >= 15 is 0 Å². The molecule has 8 heteroatoms. The maximum Gasteiger partial charge on any atom is 0.222 e. The van der Waals surface area contributed by atoms with E-state index in [2.05, 4.69) is 44.8 Å². The Labute approximate surface area is 215 Å². The van der Waals surface area contributed by atoms with E-state index in [4.69, 9.17) is 4.74 Å². The van der Waals surface area contributed by atoms with Crippen LogP contribution in [0, 0.1) is 5.92 Å². The number of amides is 1. The second kappa shape index (κ2) is 13.5. The highest BCUT2D eigenvalue weighted by atomic mass is 127. The van der Waals surface area contributed by atoms with Crippen LogP contribution < -0.4 is 10.6 Å². The van der Waals surface area contributed by atoms with E-state index in [1.165, 1.54) is 24.1 Å². The van der Waals surface area contributed by atoms with Crippen molar-refractivity contribution in [1.82, 2.24) is 20.4 Å². The summed E-state index contributed by atoms with van der Waals surface area (Å²) in [6, 6.07) is 8.92. The Bertz CT molecular complexity index is 776. The first-order chi connectivity index (χ1) is 15.7. The summed E-state index contributed by atoms with van der Waals surface area (Å²) in [4.78, 5) is 21.6. The Morgan fingerprint density at radius 1 is 1.15 bits per heavy atom. The molecule has 184 valence electrons. The topological polar surface area (TPSA) is 69.2 Å². The van der Waals surface area contributed by atoms with Gasteiger partial charge in [0.1, 0.15) is 0 Å². The average molecular weight is 570 g/mol. The van der Waals surface area contributed by atoms with Crippen molar-refractivity contribution < 1.29 is 9.53 Å². The number of guanidine groups is 1. The molecule has 0 aliphatic carbocycles. The molecule has 1 amide bonds. The van der Waals surface area contributed by atoms with Gasteiger partial charge in [-0.2, -0.15) is 0 Å². The number of piperidine rings is 1. The lowest BCUT2D eigenvalue weighted by molar-refractivity contribution is -0.132. The number of likely N-dealkylation sites (tertiary alicyclic amines) is 1. The lowest BCUT2D eigenvalue weighted by Crippen LogP contribution is -2.49. The standard InChI is InChI=1S/C25H39N5O2.HI/c1-26-25(28-23-9-13-29(14-10-23)17-20-11-16-32-19-20)27-12-4-7-24(31)30-15-8-21-5-2-3-6-22(21)18-30;/h2-3,5-6,20,23H,4,7-19H2,1H3,(H2,26,27,28);1H. The van der Waals surface area contributed by atoms with Crippen molar-refractivity contribution >= 4 is 35.8 Å². The zero-order valence-corrected chi connectivity index (χ0v) is 22.3. The van der Waals surface area contributed by atoms with E-state index < -0.39 is 0 Å². The summed E-state index contributed by atoms with van der Waals surface area (Å²) in [5.41, 5.74) is 2.67. The molecule has 0 spiro atoms. The second-order valence-corrected chi connectivity index (χ2v) is 9.39. The summed E-state index contributed by atoms with van der Waals surface area (Å²) in [5, 5.41) is 6.97. The molecule has 1 atom stereocenters. The van der Waals surface area contributed by atoms with E-state index in [0.29, 0.717) is 12.5 Å². The van der Waals surface area contributed by atoms with Gasteiger partial charge in [0.15, 0.2) is 5.96 Å². The van der Waals surface area contributed by atoms with Crippen LogP contribution in [0.5, 0.6) is 0 Å². The van der Waals surface area contributed by atoms with Gasteiger partial charge in [-0.3, -0.25) is 9.79 Å². The van der Waals surface area contributed by atoms with Crippen molar-refractivity contribution in [2.24, 2.45) is 10.9 Å². The van der Waals surface area contributed by atoms with Crippen LogP contribution >= 0.6 is 24.0 Å². The summed E-state index contributed by atoms with van der Waals surface area (Å²) in [5.74, 6) is 1.83. The Morgan fingerprint density at radius 3 is 2.67 bits per heavy atom. The third-order valence-corrected chi connectivity index (χ3v) is 7.04. The quantitative estimate of drug-likeness (QED) is 0.229. The van der Waals surface area contributed by atoms with Crippen LogP contribution in [0.25, 0.3) is 0 Å². The predicted octanol–water partition coefficient (Wildman–Crippen LogP) is 2.64. The lowest BCUT2D eigenvalue weighted by atomic mass is 9.99. The van der Waals surface area contributed by atoms with Gasteiger partial charge in [0.05, 0.1) is 6.61 Å². The molecular formula is C25H40IN5O2. The number of hydrogen-bond acceptors (Lipinski definition) is 4. The minimum absolute atomic E-state index is 0. The van der Waals surface area contributed by atoms with Crippen molar-refractivity contribution in [3.8, 4) is 0 Å². The number of carbonyl (C=O) groups excluding carboxylic acids is 1. The highest BCUT2D eigenvalue weighted by Gasteiger charge is 2.24. The molecule has 0 radical (unpaired) electrons. The molecule has 1 unspecified atom stereocenters. The summed E-state index contributed by atoms with van der Waals surface area (Å²) < 4.78 is 5.51. The highest BCUT2D eigenvalue weighted by molar-refractivity contribution is 14.0. The molecule has 2 saturated heterocycles. The van der Waals surface area contributed by atoms with Crippen LogP contribution in [0.15, 0.2) is 29.3 Å². The zero-order chi connectivity index (χ0) is 22.2. The monoisotopic (exact) mass is 569 g/mol. The van der Waals surface area contributed by atoms with Crippen LogP contribution in [-0.4, -0.2) is 80.7 Å². The maximum absolute atomic E-state index is 12.6. The van der Waals surface area contributed by atoms with E-state index in [1.54, 1.807) is 0 Å². The Balaban J connectivity index is 0.00000306. The molecule has 0 aromatic heterocycles. The molecule has 2 N–H and O–H groups in total. The molecule has 0 saturated carbocycles. The Kier molecular flexibility index (Phi) is 10.7. The van der Waals surface area contributed by atoms with Gasteiger partial charge >= 0.3 is 0 Å². The fourth-order valence-corrected chi connectivity index (χ4v) is 5.05. The van der Waals surface area contributed by atoms with Crippen LogP contribution in [0.3, 0.4) is 0 Å². The van der Waals surface area contributed by atoms with Crippen molar-refractivity contribution in [2.75, 3.05) is 53.0 Å². The molecule has 3 aliphatic rings. The largest absolute Gasteiger partial charge is 0.381 e. The molecule has 3 aliphatic heterocycles. The van der Waals surface area contributed by atoms with E-state index in [1.807, 2.05) is 11.9 Å². The van der Waals surface area contributed by atoms with Crippen LogP contribution in [0.2, 0.25) is 0 Å². The van der Waals surface area contributed by atoms with Gasteiger partial charge in [-0.15, -0.1) is 24.0 Å². The number of rotatable bonds is 7. The van der Waals surface area contributed by atoms with E-state index in [-0.39, 0.29) is 29.9 Å². The highest BCUT2D eigenvalue weighted by Crippen LogP contribution is 2.19. The van der Waals surface area contributed by atoms with Crippen LogP contribution in [-0.2, 0) is 22.5 Å². The number of benzene rings is 1. The van der Waals surface area contributed by atoms with Gasteiger partial charge in [-0.25, -0.2) is 0 Å². The molecular weight excluding hydrogens is 529 g/mol. The van der Waals surface area contributed by atoms with Crippen LogP contribution in [0.1, 0.15) is 43.2 Å². The van der Waals surface area contributed by atoms with Crippen LogP contribution in [0.4, 0.5) is 0 Å². The Morgan fingerprint density at radius 2 is 1.94 bits per heavy atom. The van der Waals surface area contributed by atoms with Gasteiger partial charge in [0, 0.05) is 65.4 Å². The molecule has 1 aromatic rings. The second-order valence-electron chi connectivity index (χ2n) is 9.39. The molecule has 2 fully saturated rings. The number of carbonyl (C=O) groups is 1. The number of nitrogens with zero attached hydrogens (tertiary/aromatic N) is 3. The summed E-state index contributed by atoms with van der Waals surface area (Å²) in [6.07, 6.45) is 5.85. The molecule has 4 rings (SSSR count). The summed E-state index contributed by atoms with van der Waals surface area (Å²) in [7, 11) is 1.82. The minimum Gasteiger partial charge on any atom is -0.381 e. The lowest BCUT2D eigenvalue weighted by Gasteiger charge is -2.34. The molecule has 1 aromatic carbocycles. The van der Waals surface area contributed by atoms with Gasteiger partial charge in [-0.1, -0.05) is 24.3 Å². The van der Waals surface area contributed by atoms with Gasteiger partial charge < -0.3 is 25.2 Å². The SMILES string of the molecule is CN=C(NCCCC(=O)N1CCc2ccccc2C1)NC1CCN(CC2CCOC2)CC1.I. The fraction of sp³-hybridized carbons (Fsp3) is 0.680. The smallest absolute Gasteiger partial charge is 0.222 e. The van der Waals surface area contributed by atoms with Crippen molar-refractivity contribution in [3.05, 3.63) is 35.4 Å². The Hall–Kier alpha value is -1.39. The van der Waals surface area contributed by atoms with Gasteiger partial charge in [-0.05, 0) is 49.1 Å². The fourth-order valence-electron chi connectivity index (χ4n) is 5.05. The first-order valence-corrected chi connectivity index (χ1v) is 12.3. The maximum atomic E-state index is 12.6. The first kappa shape index (κ1) is 26.2. The third-order valence-electron chi connectivity index (χ3n) is 7.04. The number of nitrogens with one attached hydrogen (secondary N) is 2. The van der Waals surface area contributed by atoms with Gasteiger partial charge in [0.2, 0.25) is 5.91 Å². The molecule has 3 heterocycles. The van der Waals surface area contributed by atoms with Crippen molar-refractivity contribution in [3.63, 3.8) is 0 Å². The zero-order valence-electron chi connectivity index (χ0n) is 19.9. The third kappa shape index (κ3) is 7.82. The van der Waals surface area contributed by atoms with E-state index in [9.17, 15) is 4.79 Å². The average Bonchev–Trinajstić information content (AvgIpc) is 3.34. The number of hydrogen-bond donors (Lipinski definition) is 2. The number of halogens is 1. The van der Waals surface area contributed by atoms with E-state index in [0.717, 1.165) is 83.5 Å². The van der Waals surface area contributed by atoms with Crippen molar-refractivity contribution in [1.29, 1.82) is 0 Å². The molecule has 7 nitrogen and oxygen atoms in total. The first-order valence-electron chi connectivity index (χ1n) is 12.3. The number of ether oxygens (including phenoxy) is 1. The normalized spacial score (nSPS) is 21.9. The van der Waals surface area contributed by atoms with Crippen molar-refractivity contribution in [2.45, 2.75) is 51.1 Å². The predicted molar refractivity (Wildman–Crippen MR) is 143 cm³/mol.